The van der Waals surface area contributed by atoms with Gasteiger partial charge in [0.15, 0.2) is 17.3 Å². The van der Waals surface area contributed by atoms with Crippen LogP contribution >= 0.6 is 0 Å². The minimum absolute atomic E-state index is 0.110. The first-order valence-electron chi connectivity index (χ1n) is 6.48. The van der Waals surface area contributed by atoms with E-state index in [4.69, 9.17) is 15.2 Å². The number of anilines is 1. The fourth-order valence-corrected chi connectivity index (χ4v) is 1.92. The van der Waals surface area contributed by atoms with Crippen LogP contribution in [0.15, 0.2) is 36.4 Å². The summed E-state index contributed by atoms with van der Waals surface area (Å²) in [5.74, 6) is 0.803. The molecule has 4 heteroatoms. The quantitative estimate of drug-likeness (QED) is 0.849. The first kappa shape index (κ1) is 14.2. The van der Waals surface area contributed by atoms with E-state index < -0.39 is 5.82 Å². The number of rotatable bonds is 5. The molecule has 106 valence electrons. The van der Waals surface area contributed by atoms with Crippen LogP contribution < -0.4 is 15.2 Å². The van der Waals surface area contributed by atoms with Gasteiger partial charge < -0.3 is 15.2 Å². The third-order valence-electron chi connectivity index (χ3n) is 3.13. The third kappa shape index (κ3) is 3.02. The topological polar surface area (TPSA) is 44.5 Å². The van der Waals surface area contributed by atoms with Gasteiger partial charge in [-0.05, 0) is 30.2 Å². The average molecular weight is 275 g/mol. The molecule has 0 radical (unpaired) electrons. The van der Waals surface area contributed by atoms with E-state index >= 15 is 0 Å². The predicted octanol–water partition coefficient (Wildman–Crippen LogP) is 3.56. The Bertz CT molecular complexity index is 599. The molecule has 0 bridgehead atoms. The van der Waals surface area contributed by atoms with E-state index in [1.807, 2.05) is 18.2 Å². The molecule has 2 aromatic carbocycles. The van der Waals surface area contributed by atoms with Crippen molar-refractivity contribution in [2.45, 2.75) is 20.0 Å². The lowest BCUT2D eigenvalue weighted by Crippen LogP contribution is -2.02. The molecule has 2 rings (SSSR count). The molecule has 3 nitrogen and oxygen atoms in total. The zero-order chi connectivity index (χ0) is 14.5. The van der Waals surface area contributed by atoms with Crippen LogP contribution in [0.2, 0.25) is 0 Å². The van der Waals surface area contributed by atoms with Crippen molar-refractivity contribution in [3.05, 3.63) is 53.3 Å². The number of halogens is 1. The second kappa shape index (κ2) is 6.28. The number of benzene rings is 2. The number of nitrogens with two attached hydrogens (primary N) is 1. The van der Waals surface area contributed by atoms with Crippen molar-refractivity contribution in [1.29, 1.82) is 0 Å². The van der Waals surface area contributed by atoms with E-state index in [0.29, 0.717) is 17.1 Å². The minimum Gasteiger partial charge on any atom is -0.493 e. The van der Waals surface area contributed by atoms with Gasteiger partial charge in [-0.3, -0.25) is 0 Å². The van der Waals surface area contributed by atoms with Gasteiger partial charge in [-0.2, -0.15) is 0 Å². The van der Waals surface area contributed by atoms with Crippen LogP contribution in [-0.2, 0) is 13.0 Å². The van der Waals surface area contributed by atoms with Crippen molar-refractivity contribution >= 4 is 5.69 Å². The van der Waals surface area contributed by atoms with Crippen LogP contribution in [0.3, 0.4) is 0 Å². The summed E-state index contributed by atoms with van der Waals surface area (Å²) >= 11 is 0. The van der Waals surface area contributed by atoms with Crippen LogP contribution in [0.1, 0.15) is 18.1 Å². The van der Waals surface area contributed by atoms with Gasteiger partial charge >= 0.3 is 0 Å². The molecule has 0 saturated carbocycles. The molecule has 0 amide bonds. The lowest BCUT2D eigenvalue weighted by atomic mass is 10.1. The molecule has 0 spiro atoms. The number of ether oxygens (including phenoxy) is 2. The van der Waals surface area contributed by atoms with Gasteiger partial charge in [-0.1, -0.05) is 25.1 Å². The van der Waals surface area contributed by atoms with Gasteiger partial charge in [-0.25, -0.2) is 4.39 Å². The highest BCUT2D eigenvalue weighted by Crippen LogP contribution is 2.29. The largest absolute Gasteiger partial charge is 0.493 e. The SMILES string of the molecule is CCc1ccc(OCc2cccc(N)c2F)c(OC)c1. The van der Waals surface area contributed by atoms with E-state index in [1.54, 1.807) is 19.2 Å². The maximum absolute atomic E-state index is 13.8. The molecule has 0 aliphatic carbocycles. The summed E-state index contributed by atoms with van der Waals surface area (Å²) in [6.45, 7) is 2.18. The highest BCUT2D eigenvalue weighted by molar-refractivity contribution is 5.45. The predicted molar refractivity (Wildman–Crippen MR) is 77.5 cm³/mol. The monoisotopic (exact) mass is 275 g/mol. The Balaban J connectivity index is 2.16. The molecule has 0 heterocycles. The van der Waals surface area contributed by atoms with E-state index in [1.165, 1.54) is 6.07 Å². The van der Waals surface area contributed by atoms with Crippen LogP contribution in [0, 0.1) is 5.82 Å². The summed E-state index contributed by atoms with van der Waals surface area (Å²) < 4.78 is 24.7. The van der Waals surface area contributed by atoms with Gasteiger partial charge in [0, 0.05) is 5.56 Å². The Labute approximate surface area is 118 Å². The number of methoxy groups -OCH3 is 1. The van der Waals surface area contributed by atoms with Crippen molar-refractivity contribution in [2.24, 2.45) is 0 Å². The number of hydrogen-bond donors (Lipinski definition) is 1. The Morgan fingerprint density at radius 2 is 1.95 bits per heavy atom. The summed E-state index contributed by atoms with van der Waals surface area (Å²) in [4.78, 5) is 0. The summed E-state index contributed by atoms with van der Waals surface area (Å²) in [6, 6.07) is 10.6. The van der Waals surface area contributed by atoms with E-state index in [-0.39, 0.29) is 12.3 Å². The average Bonchev–Trinajstić information content (AvgIpc) is 2.48. The molecule has 0 saturated heterocycles. The highest BCUT2D eigenvalue weighted by atomic mass is 19.1. The van der Waals surface area contributed by atoms with Crippen molar-refractivity contribution in [2.75, 3.05) is 12.8 Å². The molecule has 0 aliphatic heterocycles. The van der Waals surface area contributed by atoms with Gasteiger partial charge in [-0.15, -0.1) is 0 Å². The third-order valence-corrected chi connectivity index (χ3v) is 3.13. The normalized spacial score (nSPS) is 10.3. The zero-order valence-corrected chi connectivity index (χ0v) is 11.7. The van der Waals surface area contributed by atoms with Crippen LogP contribution in [0.25, 0.3) is 0 Å². The van der Waals surface area contributed by atoms with Crippen molar-refractivity contribution in [3.8, 4) is 11.5 Å². The summed E-state index contributed by atoms with van der Waals surface area (Å²) in [5.41, 5.74) is 7.23. The standard InChI is InChI=1S/C16H18FNO2/c1-3-11-7-8-14(15(9-11)19-2)20-10-12-5-4-6-13(18)16(12)17/h4-9H,3,10,18H2,1-2H3. The fourth-order valence-electron chi connectivity index (χ4n) is 1.92. The van der Waals surface area contributed by atoms with E-state index in [2.05, 4.69) is 6.92 Å². The van der Waals surface area contributed by atoms with Crippen molar-refractivity contribution in [1.82, 2.24) is 0 Å². The maximum Gasteiger partial charge on any atom is 0.161 e. The molecule has 0 aromatic heterocycles. The number of hydrogen-bond acceptors (Lipinski definition) is 3. The molecule has 2 N–H and O–H groups in total. The van der Waals surface area contributed by atoms with Gasteiger partial charge in [0.1, 0.15) is 6.61 Å². The highest BCUT2D eigenvalue weighted by Gasteiger charge is 2.09. The molecule has 0 atom stereocenters. The van der Waals surface area contributed by atoms with Crippen molar-refractivity contribution < 1.29 is 13.9 Å². The van der Waals surface area contributed by atoms with Gasteiger partial charge in [0.05, 0.1) is 12.8 Å². The van der Waals surface area contributed by atoms with Crippen LogP contribution in [0.5, 0.6) is 11.5 Å². The van der Waals surface area contributed by atoms with E-state index in [0.717, 1.165) is 12.0 Å². The fraction of sp³-hybridized carbons (Fsp3) is 0.250. The first-order chi connectivity index (χ1) is 9.65. The minimum atomic E-state index is -0.434. The number of nitrogen functional groups attached to an aromatic ring is 1. The Kier molecular flexibility index (Phi) is 4.45. The molecule has 0 aliphatic rings. The summed E-state index contributed by atoms with van der Waals surface area (Å²) in [7, 11) is 1.59. The van der Waals surface area contributed by atoms with Gasteiger partial charge in [0.2, 0.25) is 0 Å². The molecular weight excluding hydrogens is 257 g/mol. The molecule has 20 heavy (non-hydrogen) atoms. The van der Waals surface area contributed by atoms with E-state index in [9.17, 15) is 4.39 Å². The number of aryl methyl sites for hydroxylation is 1. The Morgan fingerprint density at radius 1 is 1.15 bits per heavy atom. The molecule has 0 unspecified atom stereocenters. The van der Waals surface area contributed by atoms with Crippen LogP contribution in [0.4, 0.5) is 10.1 Å². The maximum atomic E-state index is 13.8. The van der Waals surface area contributed by atoms with Crippen LogP contribution in [-0.4, -0.2) is 7.11 Å². The Hall–Kier alpha value is -2.23. The van der Waals surface area contributed by atoms with Gasteiger partial charge in [0.25, 0.3) is 0 Å². The lowest BCUT2D eigenvalue weighted by Gasteiger charge is -2.12. The van der Waals surface area contributed by atoms with Crippen molar-refractivity contribution in [3.63, 3.8) is 0 Å². The molecule has 2 aromatic rings. The molecular formula is C16H18FNO2. The smallest absolute Gasteiger partial charge is 0.161 e. The lowest BCUT2D eigenvalue weighted by molar-refractivity contribution is 0.280. The zero-order valence-electron chi connectivity index (χ0n) is 11.7. The second-order valence-electron chi connectivity index (χ2n) is 4.45. The summed E-state index contributed by atoms with van der Waals surface area (Å²) in [6.07, 6.45) is 0.917. The second-order valence-corrected chi connectivity index (χ2v) is 4.45. The summed E-state index contributed by atoms with van der Waals surface area (Å²) in [5, 5.41) is 0. The molecule has 0 fully saturated rings. The Morgan fingerprint density at radius 3 is 2.65 bits per heavy atom. The first-order valence-corrected chi connectivity index (χ1v) is 6.48.